The molecule has 1 atom stereocenters. The number of halogens is 5. The van der Waals surface area contributed by atoms with Gasteiger partial charge in [0.2, 0.25) is 0 Å². The third-order valence-electron chi connectivity index (χ3n) is 8.65. The van der Waals surface area contributed by atoms with Crippen molar-refractivity contribution in [1.29, 1.82) is 0 Å². The number of ether oxygens (including phenoxy) is 1. The Morgan fingerprint density at radius 2 is 1.39 bits per heavy atom. The highest BCUT2D eigenvalue weighted by Gasteiger charge is 2.52. The molecule has 57 heavy (non-hydrogen) atoms. The molecule has 1 unspecified atom stereocenters. The van der Waals surface area contributed by atoms with Gasteiger partial charge in [-0.3, -0.25) is 19.0 Å². The van der Waals surface area contributed by atoms with Crippen molar-refractivity contribution in [2.45, 2.75) is 78.5 Å². The molecule has 20 heteroatoms. The summed E-state index contributed by atoms with van der Waals surface area (Å²) >= 11 is 18.5. The molecule has 0 spiro atoms. The van der Waals surface area contributed by atoms with Gasteiger partial charge >= 0.3 is 7.12 Å². The molecule has 314 valence electrons. The molecule has 0 radical (unpaired) electrons. The molecule has 4 aromatic heterocycles. The summed E-state index contributed by atoms with van der Waals surface area (Å²) in [6.45, 7) is 13.6. The van der Waals surface area contributed by atoms with Crippen molar-refractivity contribution in [2.75, 3.05) is 31.8 Å². The van der Waals surface area contributed by atoms with Crippen LogP contribution in [0.3, 0.4) is 0 Å². The van der Waals surface area contributed by atoms with Crippen LogP contribution in [0.5, 0.6) is 5.75 Å². The second-order valence-corrected chi connectivity index (χ2v) is 15.9. The van der Waals surface area contributed by atoms with Crippen molar-refractivity contribution in [3.05, 3.63) is 93.2 Å². The van der Waals surface area contributed by atoms with Gasteiger partial charge in [0.1, 0.15) is 17.7 Å². The van der Waals surface area contributed by atoms with Crippen LogP contribution < -0.4 is 10.2 Å². The summed E-state index contributed by atoms with van der Waals surface area (Å²) in [4.78, 5) is 4.37. The highest BCUT2D eigenvalue weighted by molar-refractivity contribution is 9.10. The monoisotopic (exact) mass is 964 g/mol. The highest BCUT2D eigenvalue weighted by Crippen LogP contribution is 2.37. The van der Waals surface area contributed by atoms with E-state index in [2.05, 4.69) is 52.1 Å². The Hall–Kier alpha value is -2.91. The molecule has 1 aromatic carbocycles. The van der Waals surface area contributed by atoms with Crippen molar-refractivity contribution in [3.63, 3.8) is 0 Å². The predicted molar refractivity (Wildman–Crippen MR) is 228 cm³/mol. The molecule has 1 saturated heterocycles. The molecular formula is C37H51BBr2Cl2FN7O7. The van der Waals surface area contributed by atoms with Crippen LogP contribution in [0.25, 0.3) is 11.1 Å². The van der Waals surface area contributed by atoms with E-state index in [-0.39, 0.29) is 51.2 Å². The summed E-state index contributed by atoms with van der Waals surface area (Å²) in [6.07, 6.45) is 11.7. The van der Waals surface area contributed by atoms with Gasteiger partial charge in [-0.25, -0.2) is 4.39 Å². The zero-order chi connectivity index (χ0) is 42.3. The maximum Gasteiger partial charge on any atom is 0.498 e. The number of hydrogen-bond acceptors (Lipinski definition) is 11. The maximum absolute atomic E-state index is 13.8. The van der Waals surface area contributed by atoms with Crippen LogP contribution in [0.4, 0.5) is 4.39 Å². The normalized spacial score (nSPS) is 14.5. The molecule has 0 saturated carbocycles. The lowest BCUT2D eigenvalue weighted by Gasteiger charge is -2.32. The van der Waals surface area contributed by atoms with Gasteiger partial charge in [0.05, 0.1) is 84.8 Å². The number of benzene rings is 1. The van der Waals surface area contributed by atoms with E-state index in [0.717, 1.165) is 21.1 Å². The minimum absolute atomic E-state index is 0. The molecule has 1 aliphatic rings. The molecule has 1 aliphatic heterocycles. The summed E-state index contributed by atoms with van der Waals surface area (Å²) < 4.78 is 37.5. The van der Waals surface area contributed by atoms with Crippen molar-refractivity contribution in [1.82, 2.24) is 34.3 Å². The fourth-order valence-electron chi connectivity index (χ4n) is 4.96. The first-order valence-corrected chi connectivity index (χ1v) is 20.5. The van der Waals surface area contributed by atoms with Crippen LogP contribution in [0.15, 0.2) is 66.0 Å². The number of pyridine rings is 1. The fourth-order valence-corrected chi connectivity index (χ4v) is 5.97. The number of nitrogens with zero attached hydrogens (tertiary/aromatic N) is 7. The van der Waals surface area contributed by atoms with E-state index in [9.17, 15) is 4.39 Å². The molecule has 1 fully saturated rings. The summed E-state index contributed by atoms with van der Waals surface area (Å²) in [5.41, 5.74) is 2.93. The van der Waals surface area contributed by atoms with Crippen LogP contribution in [0.2, 0.25) is 10.0 Å². The molecule has 5 heterocycles. The van der Waals surface area contributed by atoms with E-state index in [0.29, 0.717) is 47.0 Å². The molecule has 5 aromatic rings. The topological polar surface area (TPSA) is 175 Å². The quantitative estimate of drug-likeness (QED) is 0.0631. The van der Waals surface area contributed by atoms with E-state index >= 15 is 0 Å². The number of aromatic nitrogens is 7. The maximum atomic E-state index is 13.8. The zero-order valence-corrected chi connectivity index (χ0v) is 37.3. The molecule has 0 amide bonds. The third-order valence-corrected chi connectivity index (χ3v) is 10.1. The SMILES string of the molecule is CC1(C)OB(c2cnn(CCO)c2)OC1(C)C.Cc1ncc(-c2cnn(CCO)c2)cc1OC(C)c1c(Cl)ccc(F)c1Cl.OCCBr.OCCn1cc(Br)cn1.[2HH]. The molecule has 4 N–H and O–H groups in total. The molecular weight excluding hydrogens is 915 g/mol. The number of hydrogen-bond donors (Lipinski definition) is 4. The largest absolute Gasteiger partial charge is 0.498 e. The molecule has 0 bridgehead atoms. The van der Waals surface area contributed by atoms with E-state index in [1.807, 2.05) is 59.3 Å². The second kappa shape index (κ2) is 23.0. The summed E-state index contributed by atoms with van der Waals surface area (Å²) in [7, 11) is -0.382. The van der Waals surface area contributed by atoms with Crippen LogP contribution >= 0.6 is 55.1 Å². The first-order valence-electron chi connectivity index (χ1n) is 17.9. The molecule has 6 rings (SSSR count). The lowest BCUT2D eigenvalue weighted by atomic mass is 9.82. The van der Waals surface area contributed by atoms with E-state index in [4.69, 9.17) is 57.7 Å². The minimum atomic E-state index is -0.575. The standard InChI is InChI=1S/C19H18Cl2FN3O2.C11H19BN2O3.C5H7BrN2O.C2H5BrO.H2/c1-11-17(27-12(2)18-15(20)3-4-16(22)19(18)21)7-13(8-23-11)14-9-24-25(10-14)5-6-26;1-10(2)11(3,4)17-12(16-10)9-7-13-14(8-9)5-6-15;6-5-3-7-8(4-5)1-2-9;3-1-2-4;/h3-4,7-10,12,26H,5-6H2,1-2H3;7-8,15H,5-6H2,1-4H3;3-4,9H,1-2H2;4H,1-2H2;1H/i;;;;1+1. The summed E-state index contributed by atoms with van der Waals surface area (Å²) in [6, 6.07) is 4.51. The third kappa shape index (κ3) is 14.1. The Bertz CT molecular complexity index is 1980. The Labute approximate surface area is 360 Å². The fraction of sp³-hybridized carbons (Fsp3) is 0.459. The Morgan fingerprint density at radius 3 is 1.93 bits per heavy atom. The Balaban J connectivity index is 0.000000317. The zero-order valence-electron chi connectivity index (χ0n) is 32.6. The average molecular weight is 967 g/mol. The lowest BCUT2D eigenvalue weighted by Crippen LogP contribution is -2.41. The molecule has 14 nitrogen and oxygen atoms in total. The van der Waals surface area contributed by atoms with Gasteiger partial charge in [-0.15, -0.1) is 0 Å². The highest BCUT2D eigenvalue weighted by atomic mass is 79.9. The van der Waals surface area contributed by atoms with Gasteiger partial charge in [0.25, 0.3) is 0 Å². The van der Waals surface area contributed by atoms with Crippen LogP contribution in [-0.2, 0) is 28.9 Å². The number of aliphatic hydroxyl groups excluding tert-OH is 4. The van der Waals surface area contributed by atoms with Gasteiger partial charge in [0.15, 0.2) is 0 Å². The van der Waals surface area contributed by atoms with Gasteiger partial charge < -0.3 is 34.5 Å². The van der Waals surface area contributed by atoms with Crippen molar-refractivity contribution >= 4 is 67.6 Å². The van der Waals surface area contributed by atoms with Crippen LogP contribution in [0.1, 0.15) is 53.4 Å². The lowest BCUT2D eigenvalue weighted by molar-refractivity contribution is 0.00578. The Morgan fingerprint density at radius 1 is 0.842 bits per heavy atom. The average Bonchev–Trinajstić information content (AvgIpc) is 3.96. The van der Waals surface area contributed by atoms with Crippen molar-refractivity contribution in [3.8, 4) is 16.9 Å². The van der Waals surface area contributed by atoms with Crippen LogP contribution in [0, 0.1) is 12.7 Å². The van der Waals surface area contributed by atoms with Crippen LogP contribution in [-0.4, -0.2) is 105 Å². The van der Waals surface area contributed by atoms with Crippen molar-refractivity contribution in [2.24, 2.45) is 0 Å². The smallest absolute Gasteiger partial charge is 0.484 e. The first kappa shape index (κ1) is 48.5. The second-order valence-electron chi connectivity index (χ2n) is 13.4. The Kier molecular flexibility index (Phi) is 19.6. The number of aliphatic hydroxyl groups is 4. The number of alkyl halides is 1. The van der Waals surface area contributed by atoms with Crippen molar-refractivity contribution < 1.29 is 40.3 Å². The van der Waals surface area contributed by atoms with Gasteiger partial charge in [-0.1, -0.05) is 39.1 Å². The number of aryl methyl sites for hydroxylation is 1. The predicted octanol–water partition coefficient (Wildman–Crippen LogP) is 6.26. The minimum Gasteiger partial charge on any atom is -0.484 e. The summed E-state index contributed by atoms with van der Waals surface area (Å²) in [5.74, 6) is -0.0160. The van der Waals surface area contributed by atoms with E-state index < -0.39 is 11.9 Å². The number of rotatable bonds is 12. The first-order chi connectivity index (χ1) is 27.0. The van der Waals surface area contributed by atoms with E-state index in [1.54, 1.807) is 45.8 Å². The molecule has 0 aliphatic carbocycles. The summed E-state index contributed by atoms with van der Waals surface area (Å²) in [5, 5.41) is 47.3. The van der Waals surface area contributed by atoms with Gasteiger partial charge in [-0.05, 0) is 75.7 Å². The van der Waals surface area contributed by atoms with Gasteiger partial charge in [-0.2, -0.15) is 15.3 Å². The van der Waals surface area contributed by atoms with Gasteiger partial charge in [0, 0.05) is 64.9 Å². The van der Waals surface area contributed by atoms with E-state index in [1.165, 1.54) is 12.1 Å².